The molecule has 2 amide bonds. The normalized spacial score (nSPS) is 11.2. The lowest BCUT2D eigenvalue weighted by Crippen LogP contribution is -2.28. The summed E-state index contributed by atoms with van der Waals surface area (Å²) in [5.41, 5.74) is 1.64. The molecule has 134 valence electrons. The van der Waals surface area contributed by atoms with E-state index in [0.29, 0.717) is 11.7 Å². The van der Waals surface area contributed by atoms with Crippen LogP contribution in [-0.4, -0.2) is 16.2 Å². The van der Waals surface area contributed by atoms with Gasteiger partial charge in [0.25, 0.3) is 0 Å². The number of benzene rings is 2. The van der Waals surface area contributed by atoms with E-state index >= 15 is 0 Å². The Kier molecular flexibility index (Phi) is 5.27. The third-order valence-corrected chi connectivity index (χ3v) is 5.20. The molecular formula is C19H19FN4OS. The second kappa shape index (κ2) is 7.61. The molecule has 0 unspecified atom stereocenters. The topological polar surface area (TPSA) is 66.9 Å². The Morgan fingerprint density at radius 2 is 1.77 bits per heavy atom. The lowest BCUT2D eigenvalue weighted by Gasteiger charge is -2.21. The summed E-state index contributed by atoms with van der Waals surface area (Å²) in [6, 6.07) is 15.6. The quantitative estimate of drug-likeness (QED) is 0.703. The number of aromatic nitrogens is 2. The van der Waals surface area contributed by atoms with Crippen molar-refractivity contribution >= 4 is 22.5 Å². The van der Waals surface area contributed by atoms with Crippen molar-refractivity contribution in [1.29, 1.82) is 0 Å². The summed E-state index contributed by atoms with van der Waals surface area (Å²) in [6.07, 6.45) is 0. The van der Waals surface area contributed by atoms with E-state index in [-0.39, 0.29) is 17.3 Å². The van der Waals surface area contributed by atoms with Crippen molar-refractivity contribution in [3.8, 4) is 0 Å². The molecule has 0 atom stereocenters. The number of hydrogen-bond donors (Lipinski definition) is 2. The van der Waals surface area contributed by atoms with Crippen LogP contribution in [-0.2, 0) is 12.0 Å². The van der Waals surface area contributed by atoms with Gasteiger partial charge in [-0.3, -0.25) is 5.32 Å². The zero-order valence-corrected chi connectivity index (χ0v) is 15.3. The van der Waals surface area contributed by atoms with Crippen LogP contribution in [0.2, 0.25) is 0 Å². The second-order valence-electron chi connectivity index (χ2n) is 6.34. The van der Waals surface area contributed by atoms with E-state index in [2.05, 4.69) is 34.7 Å². The van der Waals surface area contributed by atoms with Gasteiger partial charge in [-0.2, -0.15) is 0 Å². The van der Waals surface area contributed by atoms with Crippen LogP contribution >= 0.6 is 11.3 Å². The van der Waals surface area contributed by atoms with Crippen LogP contribution in [0.5, 0.6) is 0 Å². The molecule has 26 heavy (non-hydrogen) atoms. The Morgan fingerprint density at radius 1 is 1.08 bits per heavy atom. The smallest absolute Gasteiger partial charge is 0.321 e. The fourth-order valence-corrected chi connectivity index (χ4v) is 3.29. The number of nitrogens with one attached hydrogen (secondary N) is 2. The molecule has 2 N–H and O–H groups in total. The lowest BCUT2D eigenvalue weighted by molar-refractivity contribution is 0.251. The Morgan fingerprint density at radius 3 is 2.46 bits per heavy atom. The largest absolute Gasteiger partial charge is 0.334 e. The van der Waals surface area contributed by atoms with Crippen LogP contribution in [0.4, 0.5) is 14.3 Å². The molecule has 2 aromatic carbocycles. The fourth-order valence-electron chi connectivity index (χ4n) is 2.43. The number of carbonyl (C=O) groups is 1. The van der Waals surface area contributed by atoms with Crippen molar-refractivity contribution in [2.45, 2.75) is 25.8 Å². The maximum absolute atomic E-state index is 12.9. The molecule has 3 aromatic rings. The fraction of sp³-hybridized carbons (Fsp3) is 0.211. The molecule has 1 aromatic heterocycles. The van der Waals surface area contributed by atoms with E-state index in [9.17, 15) is 9.18 Å². The number of amides is 2. The molecule has 0 saturated heterocycles. The van der Waals surface area contributed by atoms with Crippen LogP contribution in [0.25, 0.3) is 0 Å². The minimum absolute atomic E-state index is 0.299. The zero-order valence-electron chi connectivity index (χ0n) is 14.5. The molecule has 0 spiro atoms. The molecule has 1 heterocycles. The van der Waals surface area contributed by atoms with Crippen LogP contribution < -0.4 is 10.6 Å². The average Bonchev–Trinajstić information content (AvgIpc) is 3.11. The predicted molar refractivity (Wildman–Crippen MR) is 101 cm³/mol. The zero-order chi connectivity index (χ0) is 18.6. The van der Waals surface area contributed by atoms with E-state index < -0.39 is 0 Å². The lowest BCUT2D eigenvalue weighted by atomic mass is 9.85. The number of carbonyl (C=O) groups excluding carboxylic acids is 1. The van der Waals surface area contributed by atoms with Crippen molar-refractivity contribution in [3.05, 3.63) is 76.5 Å². The number of urea groups is 1. The summed E-state index contributed by atoms with van der Waals surface area (Å²) < 4.78 is 12.9. The van der Waals surface area contributed by atoms with Gasteiger partial charge in [0.15, 0.2) is 0 Å². The van der Waals surface area contributed by atoms with E-state index in [1.165, 1.54) is 23.5 Å². The molecule has 3 rings (SSSR count). The van der Waals surface area contributed by atoms with Crippen molar-refractivity contribution in [2.24, 2.45) is 0 Å². The van der Waals surface area contributed by atoms with Crippen LogP contribution in [0, 0.1) is 5.82 Å². The van der Waals surface area contributed by atoms with Crippen molar-refractivity contribution in [2.75, 3.05) is 5.32 Å². The number of halogens is 1. The molecule has 7 heteroatoms. The van der Waals surface area contributed by atoms with Gasteiger partial charge in [-0.05, 0) is 37.1 Å². The Hall–Kier alpha value is -2.80. The standard InChI is InChI=1S/C19H19FN4OS/c1-19(2,14-6-4-3-5-7-14)16-23-24-18(26-16)22-17(25)21-12-13-8-10-15(20)11-9-13/h3-11H,12H2,1-2H3,(H2,21,22,24,25). The summed E-state index contributed by atoms with van der Waals surface area (Å²) in [7, 11) is 0. The Balaban J connectivity index is 1.61. The van der Waals surface area contributed by atoms with E-state index in [1.54, 1.807) is 12.1 Å². The summed E-state index contributed by atoms with van der Waals surface area (Å²) in [6.45, 7) is 4.44. The van der Waals surface area contributed by atoms with Crippen molar-refractivity contribution in [1.82, 2.24) is 15.5 Å². The van der Waals surface area contributed by atoms with Crippen molar-refractivity contribution in [3.63, 3.8) is 0 Å². The van der Waals surface area contributed by atoms with Gasteiger partial charge in [-0.15, -0.1) is 10.2 Å². The molecule has 0 bridgehead atoms. The first kappa shape index (κ1) is 18.0. The van der Waals surface area contributed by atoms with E-state index in [1.807, 2.05) is 30.3 Å². The minimum Gasteiger partial charge on any atom is -0.334 e. The maximum atomic E-state index is 12.9. The van der Waals surface area contributed by atoms with E-state index in [4.69, 9.17) is 0 Å². The van der Waals surface area contributed by atoms with Gasteiger partial charge in [-0.1, -0.05) is 53.8 Å². The minimum atomic E-state index is -0.380. The second-order valence-corrected chi connectivity index (χ2v) is 7.32. The van der Waals surface area contributed by atoms with E-state index in [0.717, 1.165) is 16.1 Å². The summed E-state index contributed by atoms with van der Waals surface area (Å²) in [4.78, 5) is 12.0. The number of rotatable bonds is 5. The first-order chi connectivity index (χ1) is 12.4. The Labute approximate surface area is 155 Å². The highest BCUT2D eigenvalue weighted by Crippen LogP contribution is 2.34. The highest BCUT2D eigenvalue weighted by atomic mass is 32.1. The van der Waals surface area contributed by atoms with Gasteiger partial charge in [0.05, 0.1) is 0 Å². The van der Waals surface area contributed by atoms with Crippen LogP contribution in [0.3, 0.4) is 0 Å². The van der Waals surface area contributed by atoms with Crippen LogP contribution in [0.15, 0.2) is 54.6 Å². The monoisotopic (exact) mass is 370 g/mol. The third-order valence-electron chi connectivity index (χ3n) is 4.04. The first-order valence-corrected chi connectivity index (χ1v) is 8.95. The van der Waals surface area contributed by atoms with Gasteiger partial charge in [-0.25, -0.2) is 9.18 Å². The molecule has 5 nitrogen and oxygen atoms in total. The highest BCUT2D eigenvalue weighted by Gasteiger charge is 2.27. The first-order valence-electron chi connectivity index (χ1n) is 8.14. The van der Waals surface area contributed by atoms with Crippen LogP contribution in [0.1, 0.15) is 30.0 Å². The molecule has 0 radical (unpaired) electrons. The summed E-state index contributed by atoms with van der Waals surface area (Å²) in [5.74, 6) is -0.305. The number of nitrogens with zero attached hydrogens (tertiary/aromatic N) is 2. The highest BCUT2D eigenvalue weighted by molar-refractivity contribution is 7.15. The molecule has 0 aliphatic carbocycles. The molecule has 0 aliphatic heterocycles. The molecule has 0 fully saturated rings. The molecule has 0 saturated carbocycles. The Bertz CT molecular complexity index is 878. The predicted octanol–water partition coefficient (Wildman–Crippen LogP) is 4.32. The molecule has 0 aliphatic rings. The van der Waals surface area contributed by atoms with Gasteiger partial charge in [0, 0.05) is 12.0 Å². The van der Waals surface area contributed by atoms with Gasteiger partial charge in [0.2, 0.25) is 5.13 Å². The number of anilines is 1. The SMILES string of the molecule is CC(C)(c1ccccc1)c1nnc(NC(=O)NCc2ccc(F)cc2)s1. The average molecular weight is 370 g/mol. The summed E-state index contributed by atoms with van der Waals surface area (Å²) in [5, 5.41) is 14.9. The molecular weight excluding hydrogens is 351 g/mol. The summed E-state index contributed by atoms with van der Waals surface area (Å²) >= 11 is 1.34. The van der Waals surface area contributed by atoms with Gasteiger partial charge < -0.3 is 5.32 Å². The number of hydrogen-bond acceptors (Lipinski definition) is 4. The van der Waals surface area contributed by atoms with Gasteiger partial charge in [0.1, 0.15) is 10.8 Å². The third kappa shape index (κ3) is 4.23. The van der Waals surface area contributed by atoms with Gasteiger partial charge >= 0.3 is 6.03 Å². The van der Waals surface area contributed by atoms with Crippen molar-refractivity contribution < 1.29 is 9.18 Å². The maximum Gasteiger partial charge on any atom is 0.321 e.